The van der Waals surface area contributed by atoms with Crippen molar-refractivity contribution in [1.29, 1.82) is 0 Å². The van der Waals surface area contributed by atoms with Crippen molar-refractivity contribution in [2.75, 3.05) is 13.1 Å². The SMILES string of the molecule is O=C(Cc1ccccc1F)NCc1cccc(C(=O)N2CCCCC2)c1. The Kier molecular flexibility index (Phi) is 6.00. The first-order valence-electron chi connectivity index (χ1n) is 9.02. The second-order valence-electron chi connectivity index (χ2n) is 6.60. The molecule has 0 bridgehead atoms. The second-order valence-corrected chi connectivity index (χ2v) is 6.60. The third-order valence-electron chi connectivity index (χ3n) is 4.62. The molecule has 0 radical (unpaired) electrons. The predicted octanol–water partition coefficient (Wildman–Crippen LogP) is 3.31. The van der Waals surface area contributed by atoms with Gasteiger partial charge in [-0.25, -0.2) is 4.39 Å². The highest BCUT2D eigenvalue weighted by Gasteiger charge is 2.18. The topological polar surface area (TPSA) is 49.4 Å². The van der Waals surface area contributed by atoms with E-state index in [4.69, 9.17) is 0 Å². The molecule has 3 rings (SSSR count). The molecule has 4 nitrogen and oxygen atoms in total. The van der Waals surface area contributed by atoms with Gasteiger partial charge in [-0.3, -0.25) is 9.59 Å². The Morgan fingerprint density at radius 1 is 1.00 bits per heavy atom. The fraction of sp³-hybridized carbons (Fsp3) is 0.333. The van der Waals surface area contributed by atoms with Gasteiger partial charge in [-0.15, -0.1) is 0 Å². The highest BCUT2D eigenvalue weighted by Crippen LogP contribution is 2.14. The number of amides is 2. The van der Waals surface area contributed by atoms with Gasteiger partial charge in [0.05, 0.1) is 6.42 Å². The Hall–Kier alpha value is -2.69. The lowest BCUT2D eigenvalue weighted by molar-refractivity contribution is -0.120. The number of piperidine rings is 1. The molecule has 2 amide bonds. The zero-order chi connectivity index (χ0) is 18.4. The van der Waals surface area contributed by atoms with Crippen LogP contribution in [0.1, 0.15) is 40.7 Å². The Bertz CT molecular complexity index is 785. The number of likely N-dealkylation sites (tertiary alicyclic amines) is 1. The van der Waals surface area contributed by atoms with Crippen molar-refractivity contribution in [2.45, 2.75) is 32.2 Å². The molecule has 0 saturated carbocycles. The summed E-state index contributed by atoms with van der Waals surface area (Å²) in [5.41, 5.74) is 1.88. The average Bonchev–Trinajstić information content (AvgIpc) is 2.68. The van der Waals surface area contributed by atoms with E-state index in [-0.39, 0.29) is 24.1 Å². The lowest BCUT2D eigenvalue weighted by atomic mass is 10.1. The van der Waals surface area contributed by atoms with Gasteiger partial charge in [0.1, 0.15) is 5.82 Å². The van der Waals surface area contributed by atoms with Crippen molar-refractivity contribution in [3.63, 3.8) is 0 Å². The molecule has 0 unspecified atom stereocenters. The first kappa shape index (κ1) is 18.1. The Labute approximate surface area is 153 Å². The van der Waals surface area contributed by atoms with Crippen LogP contribution in [-0.4, -0.2) is 29.8 Å². The van der Waals surface area contributed by atoms with E-state index in [1.165, 1.54) is 12.5 Å². The summed E-state index contributed by atoms with van der Waals surface area (Å²) in [6.07, 6.45) is 3.28. The molecule has 1 N–H and O–H groups in total. The molecule has 1 saturated heterocycles. The third kappa shape index (κ3) is 4.69. The number of hydrogen-bond acceptors (Lipinski definition) is 2. The molecular weight excluding hydrogens is 331 g/mol. The van der Waals surface area contributed by atoms with Crippen molar-refractivity contribution in [3.05, 3.63) is 71.0 Å². The quantitative estimate of drug-likeness (QED) is 0.896. The zero-order valence-corrected chi connectivity index (χ0v) is 14.7. The molecule has 1 aliphatic rings. The van der Waals surface area contributed by atoms with Gasteiger partial charge in [0.15, 0.2) is 0 Å². The maximum absolute atomic E-state index is 13.6. The minimum Gasteiger partial charge on any atom is -0.352 e. The summed E-state index contributed by atoms with van der Waals surface area (Å²) in [6, 6.07) is 13.6. The summed E-state index contributed by atoms with van der Waals surface area (Å²) < 4.78 is 13.6. The summed E-state index contributed by atoms with van der Waals surface area (Å²) >= 11 is 0. The lowest BCUT2D eigenvalue weighted by Gasteiger charge is -2.26. The number of nitrogens with zero attached hydrogens (tertiary/aromatic N) is 1. The summed E-state index contributed by atoms with van der Waals surface area (Å²) in [4.78, 5) is 26.5. The van der Waals surface area contributed by atoms with Crippen molar-refractivity contribution >= 4 is 11.8 Å². The van der Waals surface area contributed by atoms with Gasteiger partial charge in [0.2, 0.25) is 5.91 Å². The van der Waals surface area contributed by atoms with Crippen LogP contribution in [0, 0.1) is 5.82 Å². The highest BCUT2D eigenvalue weighted by molar-refractivity contribution is 5.94. The molecule has 0 aromatic heterocycles. The first-order chi connectivity index (χ1) is 12.6. The van der Waals surface area contributed by atoms with E-state index in [0.717, 1.165) is 31.5 Å². The summed E-state index contributed by atoms with van der Waals surface area (Å²) in [7, 11) is 0. The van der Waals surface area contributed by atoms with E-state index >= 15 is 0 Å². The Morgan fingerprint density at radius 2 is 1.77 bits per heavy atom. The van der Waals surface area contributed by atoms with Gasteiger partial charge < -0.3 is 10.2 Å². The van der Waals surface area contributed by atoms with Crippen LogP contribution in [-0.2, 0) is 17.8 Å². The summed E-state index contributed by atoms with van der Waals surface area (Å²) in [5, 5.41) is 2.79. The van der Waals surface area contributed by atoms with E-state index in [9.17, 15) is 14.0 Å². The van der Waals surface area contributed by atoms with Crippen LogP contribution in [0.15, 0.2) is 48.5 Å². The monoisotopic (exact) mass is 354 g/mol. The van der Waals surface area contributed by atoms with Crippen LogP contribution in [0.2, 0.25) is 0 Å². The molecule has 136 valence electrons. The van der Waals surface area contributed by atoms with Crippen LogP contribution in [0.25, 0.3) is 0 Å². The van der Waals surface area contributed by atoms with E-state index in [0.29, 0.717) is 17.7 Å². The van der Waals surface area contributed by atoms with Crippen LogP contribution in [0.5, 0.6) is 0 Å². The van der Waals surface area contributed by atoms with E-state index in [2.05, 4.69) is 5.32 Å². The van der Waals surface area contributed by atoms with Gasteiger partial charge in [0, 0.05) is 25.2 Å². The fourth-order valence-electron chi connectivity index (χ4n) is 3.17. The minimum absolute atomic E-state index is 0.000920. The molecule has 0 spiro atoms. The van der Waals surface area contributed by atoms with Crippen molar-refractivity contribution < 1.29 is 14.0 Å². The fourth-order valence-corrected chi connectivity index (χ4v) is 3.17. The van der Waals surface area contributed by atoms with Crippen molar-refractivity contribution in [2.24, 2.45) is 0 Å². The third-order valence-corrected chi connectivity index (χ3v) is 4.62. The highest BCUT2D eigenvalue weighted by atomic mass is 19.1. The lowest BCUT2D eigenvalue weighted by Crippen LogP contribution is -2.35. The predicted molar refractivity (Wildman–Crippen MR) is 98.1 cm³/mol. The average molecular weight is 354 g/mol. The first-order valence-corrected chi connectivity index (χ1v) is 9.02. The van der Waals surface area contributed by atoms with Gasteiger partial charge in [-0.1, -0.05) is 30.3 Å². The molecule has 2 aromatic carbocycles. The van der Waals surface area contributed by atoms with Crippen LogP contribution < -0.4 is 5.32 Å². The van der Waals surface area contributed by atoms with E-state index in [1.807, 2.05) is 29.2 Å². The normalized spacial score (nSPS) is 14.1. The minimum atomic E-state index is -0.378. The number of rotatable bonds is 5. The van der Waals surface area contributed by atoms with Gasteiger partial charge in [0.25, 0.3) is 5.91 Å². The molecule has 1 heterocycles. The maximum atomic E-state index is 13.6. The number of hydrogen-bond donors (Lipinski definition) is 1. The Balaban J connectivity index is 1.57. The van der Waals surface area contributed by atoms with Gasteiger partial charge in [-0.2, -0.15) is 0 Å². The summed E-state index contributed by atoms with van der Waals surface area (Å²) in [6.45, 7) is 1.93. The smallest absolute Gasteiger partial charge is 0.253 e. The van der Waals surface area contributed by atoms with Gasteiger partial charge in [-0.05, 0) is 48.6 Å². The van der Waals surface area contributed by atoms with Crippen LogP contribution in [0.3, 0.4) is 0 Å². The van der Waals surface area contributed by atoms with Crippen LogP contribution >= 0.6 is 0 Å². The number of halogens is 1. The number of nitrogens with one attached hydrogen (secondary N) is 1. The second kappa shape index (κ2) is 8.61. The summed E-state index contributed by atoms with van der Waals surface area (Å²) in [5.74, 6) is -0.580. The van der Waals surface area contributed by atoms with Crippen LogP contribution in [0.4, 0.5) is 4.39 Å². The molecular formula is C21H23FN2O2. The molecule has 5 heteroatoms. The molecule has 26 heavy (non-hydrogen) atoms. The number of carbonyl (C=O) groups excluding carboxylic acids is 2. The zero-order valence-electron chi connectivity index (χ0n) is 14.7. The molecule has 0 atom stereocenters. The standard InChI is InChI=1S/C21H23FN2O2/c22-19-10-3-2-8-17(19)14-20(25)23-15-16-7-6-9-18(13-16)21(26)24-11-4-1-5-12-24/h2-3,6-10,13H,1,4-5,11-12,14-15H2,(H,23,25). The van der Waals surface area contributed by atoms with E-state index in [1.54, 1.807) is 18.2 Å². The molecule has 0 aliphatic carbocycles. The largest absolute Gasteiger partial charge is 0.352 e. The maximum Gasteiger partial charge on any atom is 0.253 e. The van der Waals surface area contributed by atoms with Gasteiger partial charge >= 0.3 is 0 Å². The van der Waals surface area contributed by atoms with Crippen molar-refractivity contribution in [1.82, 2.24) is 10.2 Å². The van der Waals surface area contributed by atoms with Crippen molar-refractivity contribution in [3.8, 4) is 0 Å². The number of benzene rings is 2. The number of carbonyl (C=O) groups is 2. The molecule has 2 aromatic rings. The molecule has 1 fully saturated rings. The van der Waals surface area contributed by atoms with E-state index < -0.39 is 0 Å². The molecule has 1 aliphatic heterocycles. The Morgan fingerprint density at radius 3 is 2.54 bits per heavy atom.